The van der Waals surface area contributed by atoms with E-state index in [1.165, 1.54) is 11.4 Å². The molecule has 0 spiro atoms. The van der Waals surface area contributed by atoms with Gasteiger partial charge < -0.3 is 9.47 Å². The number of hydrogen-bond acceptors (Lipinski definition) is 5. The van der Waals surface area contributed by atoms with Crippen LogP contribution in [0.5, 0.6) is 0 Å². The van der Waals surface area contributed by atoms with Crippen molar-refractivity contribution < 1.29 is 17.9 Å². The lowest BCUT2D eigenvalue weighted by molar-refractivity contribution is 0.160. The largest absolute Gasteiger partial charge is 0.383 e. The van der Waals surface area contributed by atoms with Gasteiger partial charge in [-0.2, -0.15) is 9.57 Å². The molecule has 0 fully saturated rings. The molecule has 0 aliphatic rings. The summed E-state index contributed by atoms with van der Waals surface area (Å²) in [5, 5.41) is 8.49. The highest BCUT2D eigenvalue weighted by atomic mass is 32.2. The van der Waals surface area contributed by atoms with Gasteiger partial charge in [0.25, 0.3) is 0 Å². The van der Waals surface area contributed by atoms with Crippen molar-refractivity contribution in [3.05, 3.63) is 0 Å². The Bertz CT molecular complexity index is 324. The molecular formula is C10H20N2O4S. The molecule has 0 atom stereocenters. The van der Waals surface area contributed by atoms with E-state index < -0.39 is 10.0 Å². The molecule has 0 aromatic heterocycles. The summed E-state index contributed by atoms with van der Waals surface area (Å²) in [6, 6.07) is 1.94. The van der Waals surface area contributed by atoms with Crippen LogP contribution in [0, 0.1) is 11.3 Å². The predicted molar refractivity (Wildman–Crippen MR) is 64.0 cm³/mol. The molecule has 6 nitrogen and oxygen atoms in total. The molecule has 0 radical (unpaired) electrons. The van der Waals surface area contributed by atoms with Gasteiger partial charge in [-0.15, -0.1) is 0 Å². The van der Waals surface area contributed by atoms with E-state index in [9.17, 15) is 8.42 Å². The topological polar surface area (TPSA) is 79.6 Å². The Morgan fingerprint density at radius 3 is 2.53 bits per heavy atom. The first-order chi connectivity index (χ1) is 8.08. The van der Waals surface area contributed by atoms with Crippen LogP contribution in [0.25, 0.3) is 0 Å². The lowest BCUT2D eigenvalue weighted by Crippen LogP contribution is -2.37. The molecule has 0 saturated carbocycles. The molecular weight excluding hydrogens is 244 g/mol. The Balaban J connectivity index is 4.36. The van der Waals surface area contributed by atoms with Crippen molar-refractivity contribution in [2.75, 3.05) is 45.8 Å². The molecule has 0 aromatic rings. The van der Waals surface area contributed by atoms with Crippen molar-refractivity contribution in [1.82, 2.24) is 4.31 Å². The molecule has 0 amide bonds. The first-order valence-electron chi connectivity index (χ1n) is 5.50. The minimum Gasteiger partial charge on any atom is -0.383 e. The fourth-order valence-electron chi connectivity index (χ4n) is 1.20. The van der Waals surface area contributed by atoms with Crippen LogP contribution < -0.4 is 0 Å². The van der Waals surface area contributed by atoms with Crippen molar-refractivity contribution >= 4 is 10.0 Å². The van der Waals surface area contributed by atoms with Crippen LogP contribution >= 0.6 is 0 Å². The van der Waals surface area contributed by atoms with Gasteiger partial charge in [0.05, 0.1) is 25.0 Å². The average Bonchev–Trinajstić information content (AvgIpc) is 2.29. The molecule has 17 heavy (non-hydrogen) atoms. The van der Waals surface area contributed by atoms with Crippen LogP contribution in [0.1, 0.15) is 13.3 Å². The number of rotatable bonds is 10. The van der Waals surface area contributed by atoms with Crippen LogP contribution in [0.15, 0.2) is 0 Å². The minimum atomic E-state index is -3.36. The first-order valence-corrected chi connectivity index (χ1v) is 7.10. The zero-order chi connectivity index (χ0) is 13.1. The van der Waals surface area contributed by atoms with Crippen LogP contribution in [0.3, 0.4) is 0 Å². The van der Waals surface area contributed by atoms with Gasteiger partial charge in [-0.1, -0.05) is 0 Å². The summed E-state index contributed by atoms with van der Waals surface area (Å²) in [4.78, 5) is 0. The van der Waals surface area contributed by atoms with Gasteiger partial charge >= 0.3 is 0 Å². The minimum absolute atomic E-state index is 0.0595. The van der Waals surface area contributed by atoms with E-state index in [0.29, 0.717) is 13.2 Å². The number of nitrogens with zero attached hydrogens (tertiary/aromatic N) is 2. The maximum atomic E-state index is 11.9. The van der Waals surface area contributed by atoms with Crippen molar-refractivity contribution in [2.24, 2.45) is 0 Å². The van der Waals surface area contributed by atoms with Crippen LogP contribution in [0.4, 0.5) is 0 Å². The summed E-state index contributed by atoms with van der Waals surface area (Å²) in [6.07, 6.45) is 0.178. The molecule has 7 heteroatoms. The Kier molecular flexibility index (Phi) is 8.99. The summed E-state index contributed by atoms with van der Waals surface area (Å²) in [5.41, 5.74) is 0. The van der Waals surface area contributed by atoms with Crippen molar-refractivity contribution in [3.8, 4) is 6.07 Å². The summed E-state index contributed by atoms with van der Waals surface area (Å²) in [7, 11) is -1.85. The van der Waals surface area contributed by atoms with E-state index in [2.05, 4.69) is 0 Å². The standard InChI is InChI=1S/C10H20N2O4S/c1-3-16-9-10-17(13,14)12(6-4-5-11)7-8-15-2/h3-4,6-10H2,1-2H3. The van der Waals surface area contributed by atoms with E-state index in [1.807, 2.05) is 13.0 Å². The van der Waals surface area contributed by atoms with Crippen LogP contribution in [-0.4, -0.2) is 58.5 Å². The zero-order valence-corrected chi connectivity index (χ0v) is 11.2. The van der Waals surface area contributed by atoms with Gasteiger partial charge in [-0.3, -0.25) is 0 Å². The van der Waals surface area contributed by atoms with Crippen molar-refractivity contribution in [1.29, 1.82) is 5.26 Å². The molecule has 100 valence electrons. The fourth-order valence-corrected chi connectivity index (χ4v) is 2.50. The van der Waals surface area contributed by atoms with Gasteiger partial charge in [0.1, 0.15) is 0 Å². The Morgan fingerprint density at radius 1 is 1.29 bits per heavy atom. The van der Waals surface area contributed by atoms with Crippen molar-refractivity contribution in [3.63, 3.8) is 0 Å². The van der Waals surface area contributed by atoms with E-state index in [-0.39, 0.29) is 31.9 Å². The molecule has 0 N–H and O–H groups in total. The monoisotopic (exact) mass is 264 g/mol. The van der Waals surface area contributed by atoms with Gasteiger partial charge in [-0.25, -0.2) is 8.42 Å². The number of methoxy groups -OCH3 is 1. The van der Waals surface area contributed by atoms with Gasteiger partial charge in [0.15, 0.2) is 0 Å². The second kappa shape index (κ2) is 9.36. The normalized spacial score (nSPS) is 11.6. The molecule has 0 unspecified atom stereocenters. The number of sulfonamides is 1. The van der Waals surface area contributed by atoms with E-state index >= 15 is 0 Å². The van der Waals surface area contributed by atoms with E-state index in [0.717, 1.165) is 0 Å². The molecule has 0 aliphatic carbocycles. The molecule has 0 bridgehead atoms. The highest BCUT2D eigenvalue weighted by molar-refractivity contribution is 7.89. The third-order valence-electron chi connectivity index (χ3n) is 2.10. The third kappa shape index (κ3) is 7.28. The summed E-state index contributed by atoms with van der Waals surface area (Å²) in [5.74, 6) is -0.0595. The highest BCUT2D eigenvalue weighted by Crippen LogP contribution is 2.03. The zero-order valence-electron chi connectivity index (χ0n) is 10.4. The van der Waals surface area contributed by atoms with Gasteiger partial charge in [-0.05, 0) is 6.92 Å². The highest BCUT2D eigenvalue weighted by Gasteiger charge is 2.20. The summed E-state index contributed by atoms with van der Waals surface area (Å²) >= 11 is 0. The second-order valence-corrected chi connectivity index (χ2v) is 5.40. The maximum Gasteiger partial charge on any atom is 0.216 e. The Labute approximate surface area is 103 Å². The molecule has 0 heterocycles. The van der Waals surface area contributed by atoms with Crippen molar-refractivity contribution in [2.45, 2.75) is 13.3 Å². The number of ether oxygens (including phenoxy) is 2. The average molecular weight is 264 g/mol. The number of nitriles is 1. The summed E-state index contributed by atoms with van der Waals surface area (Å²) < 4.78 is 35.0. The molecule has 0 rings (SSSR count). The van der Waals surface area contributed by atoms with Crippen LogP contribution in [-0.2, 0) is 19.5 Å². The fraction of sp³-hybridized carbons (Fsp3) is 0.900. The smallest absolute Gasteiger partial charge is 0.216 e. The number of hydrogen-bond donors (Lipinski definition) is 0. The lowest BCUT2D eigenvalue weighted by atomic mass is 10.4. The van der Waals surface area contributed by atoms with Gasteiger partial charge in [0.2, 0.25) is 10.0 Å². The second-order valence-electron chi connectivity index (χ2n) is 3.31. The van der Waals surface area contributed by atoms with Gasteiger partial charge in [0, 0.05) is 33.2 Å². The third-order valence-corrected chi connectivity index (χ3v) is 3.94. The van der Waals surface area contributed by atoms with E-state index in [1.54, 1.807) is 0 Å². The maximum absolute atomic E-state index is 11.9. The molecule has 0 aromatic carbocycles. The summed E-state index contributed by atoms with van der Waals surface area (Å²) in [6.45, 7) is 3.27. The van der Waals surface area contributed by atoms with Crippen LogP contribution in [0.2, 0.25) is 0 Å². The Morgan fingerprint density at radius 2 is 2.00 bits per heavy atom. The van der Waals surface area contributed by atoms with E-state index in [4.69, 9.17) is 14.7 Å². The first kappa shape index (κ1) is 16.3. The predicted octanol–water partition coefficient (Wildman–Crippen LogP) is 0.215. The molecule has 0 saturated heterocycles. The SMILES string of the molecule is CCOCCS(=O)(=O)N(CCC#N)CCOC. The Hall–Kier alpha value is -0.680. The molecule has 0 aliphatic heterocycles. The quantitative estimate of drug-likeness (QED) is 0.527. The lowest BCUT2D eigenvalue weighted by Gasteiger charge is -2.20.